The van der Waals surface area contributed by atoms with E-state index >= 15 is 0 Å². The van der Waals surface area contributed by atoms with Gasteiger partial charge >= 0.3 is 25.7 Å². The van der Waals surface area contributed by atoms with Crippen molar-refractivity contribution in [3.63, 3.8) is 0 Å². The SMILES string of the molecule is COCCOC(=O)[C@H](C)NP(=O)(OC[C@H]1O[C@@](C)(c2ccc3c(N)ncnn23)[C@H](OC(=O)C(C)C)[C@@H]1OC(=O)C(C)C)Oc1ccc(C(C)(C)C)cc1. The minimum atomic E-state index is -4.44. The highest BCUT2D eigenvalue weighted by molar-refractivity contribution is 7.52. The molecule has 1 aliphatic rings. The van der Waals surface area contributed by atoms with Gasteiger partial charge in [-0.2, -0.15) is 10.2 Å². The average Bonchev–Trinajstić information content (AvgIpc) is 3.64. The Morgan fingerprint density at radius 1 is 0.981 bits per heavy atom. The molecule has 1 fully saturated rings. The second-order valence-corrected chi connectivity index (χ2v) is 16.4. The number of hydrogen-bond acceptors (Lipinski definition) is 14. The van der Waals surface area contributed by atoms with Crippen LogP contribution in [0.15, 0.2) is 42.7 Å². The van der Waals surface area contributed by atoms with Crippen molar-refractivity contribution in [2.24, 2.45) is 11.8 Å². The summed E-state index contributed by atoms with van der Waals surface area (Å²) in [6, 6.07) is 9.17. The summed E-state index contributed by atoms with van der Waals surface area (Å²) in [7, 11) is -2.97. The van der Waals surface area contributed by atoms with Gasteiger partial charge in [0, 0.05) is 7.11 Å². The Hall–Kier alpha value is -4.08. The van der Waals surface area contributed by atoms with Crippen LogP contribution in [0.4, 0.5) is 5.82 Å². The molecule has 0 aliphatic carbocycles. The molecule has 3 heterocycles. The number of hydrogen-bond donors (Lipinski definition) is 2. The third-order valence-corrected chi connectivity index (χ3v) is 10.3. The molecule has 17 heteroatoms. The Bertz CT molecular complexity index is 1790. The lowest BCUT2D eigenvalue weighted by Crippen LogP contribution is -2.46. The van der Waals surface area contributed by atoms with E-state index in [1.165, 1.54) is 24.9 Å². The molecule has 2 aromatic heterocycles. The molecule has 0 saturated carbocycles. The van der Waals surface area contributed by atoms with E-state index in [1.807, 2.05) is 12.1 Å². The summed E-state index contributed by atoms with van der Waals surface area (Å²) >= 11 is 0. The van der Waals surface area contributed by atoms with Crippen LogP contribution in [0.1, 0.15) is 73.6 Å². The first-order chi connectivity index (χ1) is 24.8. The van der Waals surface area contributed by atoms with Crippen molar-refractivity contribution in [3.8, 4) is 5.75 Å². The Morgan fingerprint density at radius 2 is 1.62 bits per heavy atom. The van der Waals surface area contributed by atoms with Crippen LogP contribution >= 0.6 is 7.75 Å². The van der Waals surface area contributed by atoms with Gasteiger partial charge in [0.1, 0.15) is 41.9 Å². The van der Waals surface area contributed by atoms with Crippen LogP contribution in [0.25, 0.3) is 5.52 Å². The van der Waals surface area contributed by atoms with E-state index in [2.05, 4.69) is 35.9 Å². The predicted molar refractivity (Wildman–Crippen MR) is 194 cm³/mol. The van der Waals surface area contributed by atoms with Crippen LogP contribution in [-0.4, -0.2) is 83.8 Å². The second kappa shape index (κ2) is 16.9. The minimum Gasteiger partial charge on any atom is -0.462 e. The molecule has 6 atom stereocenters. The van der Waals surface area contributed by atoms with E-state index in [-0.39, 0.29) is 30.2 Å². The van der Waals surface area contributed by atoms with Crippen molar-refractivity contribution in [1.82, 2.24) is 19.7 Å². The third kappa shape index (κ3) is 9.92. The smallest absolute Gasteiger partial charge is 0.459 e. The molecule has 1 saturated heterocycles. The average molecular weight is 762 g/mol. The van der Waals surface area contributed by atoms with Gasteiger partial charge in [-0.25, -0.2) is 14.1 Å². The summed E-state index contributed by atoms with van der Waals surface area (Å²) in [4.78, 5) is 43.3. The van der Waals surface area contributed by atoms with Gasteiger partial charge in [0.25, 0.3) is 0 Å². The van der Waals surface area contributed by atoms with Crippen molar-refractivity contribution < 1.29 is 51.7 Å². The van der Waals surface area contributed by atoms with E-state index in [9.17, 15) is 18.9 Å². The number of anilines is 1. The topological polar surface area (TPSA) is 201 Å². The highest BCUT2D eigenvalue weighted by atomic mass is 31.2. The molecule has 0 bridgehead atoms. The molecule has 1 unspecified atom stereocenters. The van der Waals surface area contributed by atoms with Gasteiger partial charge < -0.3 is 33.9 Å². The van der Waals surface area contributed by atoms with Crippen LogP contribution in [0.5, 0.6) is 5.75 Å². The van der Waals surface area contributed by atoms with Gasteiger partial charge in [-0.1, -0.05) is 60.6 Å². The van der Waals surface area contributed by atoms with Crippen molar-refractivity contribution >= 4 is 37.0 Å². The largest absolute Gasteiger partial charge is 0.462 e. The first-order valence-corrected chi connectivity index (χ1v) is 19.0. The number of aromatic nitrogens is 3. The first-order valence-electron chi connectivity index (χ1n) is 17.4. The first kappa shape index (κ1) is 41.7. The molecule has 1 aliphatic heterocycles. The number of esters is 3. The normalized spacial score (nSPS) is 22.1. The van der Waals surface area contributed by atoms with Gasteiger partial charge in [-0.3, -0.25) is 18.9 Å². The predicted octanol–water partition coefficient (Wildman–Crippen LogP) is 4.73. The van der Waals surface area contributed by atoms with Gasteiger partial charge in [-0.15, -0.1) is 0 Å². The van der Waals surface area contributed by atoms with Crippen molar-refractivity contribution in [2.75, 3.05) is 32.7 Å². The van der Waals surface area contributed by atoms with E-state index in [1.54, 1.807) is 58.9 Å². The van der Waals surface area contributed by atoms with Crippen molar-refractivity contribution in [2.45, 2.75) is 97.7 Å². The fraction of sp³-hybridized carbons (Fsp3) is 0.583. The molecule has 53 heavy (non-hydrogen) atoms. The number of nitrogens with one attached hydrogen (secondary N) is 1. The second-order valence-electron chi connectivity index (χ2n) is 14.7. The number of fused-ring (bicyclic) bond motifs is 1. The molecule has 3 aromatic rings. The highest BCUT2D eigenvalue weighted by Gasteiger charge is 2.59. The maximum absolute atomic E-state index is 14.6. The number of methoxy groups -OCH3 is 1. The molecule has 0 amide bonds. The fourth-order valence-corrected chi connectivity index (χ4v) is 7.03. The summed E-state index contributed by atoms with van der Waals surface area (Å²) in [5.74, 6) is -2.64. The van der Waals surface area contributed by atoms with Gasteiger partial charge in [0.05, 0.1) is 30.7 Å². The van der Waals surface area contributed by atoms with Crippen molar-refractivity contribution in [3.05, 3.63) is 54.0 Å². The third-order valence-electron chi connectivity index (χ3n) is 8.62. The summed E-state index contributed by atoms with van der Waals surface area (Å²) in [6.07, 6.45) is -2.43. The van der Waals surface area contributed by atoms with E-state index in [0.717, 1.165) is 5.56 Å². The minimum absolute atomic E-state index is 0.0273. The Labute approximate surface area is 309 Å². The number of carbonyl (C=O) groups is 3. The molecule has 4 rings (SSSR count). The van der Waals surface area contributed by atoms with Gasteiger partial charge in [0.2, 0.25) is 0 Å². The highest BCUT2D eigenvalue weighted by Crippen LogP contribution is 2.49. The maximum atomic E-state index is 14.6. The molecule has 1 aromatic carbocycles. The van der Waals surface area contributed by atoms with Gasteiger partial charge in [-0.05, 0) is 49.1 Å². The zero-order chi connectivity index (χ0) is 39.3. The maximum Gasteiger partial charge on any atom is 0.459 e. The number of benzene rings is 1. The van der Waals surface area contributed by atoms with Crippen LogP contribution in [0.2, 0.25) is 0 Å². The summed E-state index contributed by atoms with van der Waals surface area (Å²) in [5, 5.41) is 7.01. The summed E-state index contributed by atoms with van der Waals surface area (Å²) in [5.41, 5.74) is 6.31. The summed E-state index contributed by atoms with van der Waals surface area (Å²) in [6.45, 7) is 15.5. The molecule has 16 nitrogen and oxygen atoms in total. The quantitative estimate of drug-likeness (QED) is 0.0878. The summed E-state index contributed by atoms with van der Waals surface area (Å²) < 4.78 is 56.9. The Kier molecular flexibility index (Phi) is 13.3. The molecule has 292 valence electrons. The standard InChI is InChI=1S/C36H52N5O11P/c1-21(2)32(42)49-29-27(51-36(9,30(29)50-33(43)22(3)4)28-16-15-26-31(37)38-20-39-41(26)28)19-48-53(45,40-23(5)34(44)47-18-17-46-10)52-25-13-11-24(12-14-25)35(6,7)8/h11-16,20-23,27,29-30H,17-19H2,1-10H3,(H,40,45)(H2,37,38,39)/t23-,27+,29+,30+,36-,53?/m0/s1. The van der Waals surface area contributed by atoms with E-state index in [4.69, 9.17) is 38.5 Å². The number of rotatable bonds is 16. The van der Waals surface area contributed by atoms with Crippen molar-refractivity contribution in [1.29, 1.82) is 0 Å². The zero-order valence-corrected chi connectivity index (χ0v) is 32.9. The lowest BCUT2D eigenvalue weighted by Gasteiger charge is -2.31. The van der Waals surface area contributed by atoms with Crippen LogP contribution in [-0.2, 0) is 58.2 Å². The fourth-order valence-electron chi connectivity index (χ4n) is 5.53. The number of carbonyl (C=O) groups excluding carboxylic acids is 3. The monoisotopic (exact) mass is 761 g/mol. The van der Waals surface area contributed by atoms with Gasteiger partial charge in [0.15, 0.2) is 18.0 Å². The molecule has 0 spiro atoms. The number of nitrogens with two attached hydrogens (primary N) is 1. The molecular weight excluding hydrogens is 709 g/mol. The molecule has 0 radical (unpaired) electrons. The van der Waals surface area contributed by atoms with E-state index in [0.29, 0.717) is 11.2 Å². The molecular formula is C36H52N5O11P. The number of nitrogen functional groups attached to an aromatic ring is 1. The van der Waals surface area contributed by atoms with Crippen LogP contribution in [0, 0.1) is 11.8 Å². The lowest BCUT2D eigenvalue weighted by atomic mass is 9.87. The van der Waals surface area contributed by atoms with Crippen LogP contribution in [0.3, 0.4) is 0 Å². The number of ether oxygens (including phenoxy) is 5. The lowest BCUT2D eigenvalue weighted by molar-refractivity contribution is -0.175. The molecule has 3 N–H and O–H groups in total. The van der Waals surface area contributed by atoms with Crippen LogP contribution < -0.4 is 15.3 Å². The Balaban J connectivity index is 1.74. The number of nitrogens with zero attached hydrogens (tertiary/aromatic N) is 3. The zero-order valence-electron chi connectivity index (χ0n) is 32.0. The van der Waals surface area contributed by atoms with E-state index < -0.39 is 74.1 Å². The Morgan fingerprint density at radius 3 is 2.23 bits per heavy atom.